The average molecular weight is 413 g/mol. The maximum atomic E-state index is 12.7. The largest absolute Gasteiger partial charge is 0.345 e. The summed E-state index contributed by atoms with van der Waals surface area (Å²) in [6.07, 6.45) is 3.02. The fourth-order valence-electron chi connectivity index (χ4n) is 3.97. The highest BCUT2D eigenvalue weighted by molar-refractivity contribution is 7.15. The Balaban J connectivity index is 1.37. The van der Waals surface area contributed by atoms with Crippen molar-refractivity contribution in [3.8, 4) is 0 Å². The topological polar surface area (TPSA) is 65.5 Å². The zero-order valence-corrected chi connectivity index (χ0v) is 17.9. The molecule has 2 heterocycles. The molecule has 4 rings (SSSR count). The molecule has 1 N–H and O–H groups in total. The van der Waals surface area contributed by atoms with E-state index < -0.39 is 0 Å². The summed E-state index contributed by atoms with van der Waals surface area (Å²) in [5, 5.41) is 4.10. The number of hydrogen-bond donors (Lipinski definition) is 1. The molecule has 2 aromatic rings. The highest BCUT2D eigenvalue weighted by Gasteiger charge is 2.29. The fraction of sp³-hybridized carbons (Fsp3) is 0.500. The Kier molecular flexibility index (Phi) is 5.85. The first-order valence-corrected chi connectivity index (χ1v) is 11.2. The van der Waals surface area contributed by atoms with Crippen molar-refractivity contribution in [2.45, 2.75) is 39.5 Å². The predicted molar refractivity (Wildman–Crippen MR) is 117 cm³/mol. The summed E-state index contributed by atoms with van der Waals surface area (Å²) < 4.78 is 0. The van der Waals surface area contributed by atoms with Crippen molar-refractivity contribution in [1.29, 1.82) is 0 Å². The molecule has 0 bridgehead atoms. The Morgan fingerprint density at radius 1 is 1.17 bits per heavy atom. The van der Waals surface area contributed by atoms with E-state index in [1.54, 1.807) is 11.3 Å². The van der Waals surface area contributed by atoms with Crippen molar-refractivity contribution in [2.75, 3.05) is 36.4 Å². The molecule has 1 aromatic carbocycles. The molecule has 0 unspecified atom stereocenters. The van der Waals surface area contributed by atoms with E-state index in [9.17, 15) is 9.59 Å². The Hall–Kier alpha value is -2.41. The van der Waals surface area contributed by atoms with Gasteiger partial charge in [-0.25, -0.2) is 4.98 Å². The van der Waals surface area contributed by atoms with Gasteiger partial charge in [0.15, 0.2) is 5.13 Å². The minimum Gasteiger partial charge on any atom is -0.345 e. The van der Waals surface area contributed by atoms with Gasteiger partial charge < -0.3 is 15.1 Å². The van der Waals surface area contributed by atoms with Gasteiger partial charge >= 0.3 is 0 Å². The second-order valence-electron chi connectivity index (χ2n) is 7.88. The Bertz CT molecular complexity index is 885. The van der Waals surface area contributed by atoms with E-state index in [1.807, 2.05) is 43.0 Å². The van der Waals surface area contributed by atoms with Crippen LogP contribution in [0.4, 0.5) is 10.8 Å². The summed E-state index contributed by atoms with van der Waals surface area (Å²) in [6, 6.07) is 7.93. The van der Waals surface area contributed by atoms with E-state index in [2.05, 4.69) is 10.2 Å². The minimum absolute atomic E-state index is 0.00359. The van der Waals surface area contributed by atoms with Crippen LogP contribution in [0.25, 0.3) is 0 Å². The summed E-state index contributed by atoms with van der Waals surface area (Å²) >= 11 is 1.72. The van der Waals surface area contributed by atoms with Gasteiger partial charge in [0.1, 0.15) is 0 Å². The number of rotatable bonds is 4. The zero-order chi connectivity index (χ0) is 20.4. The molecule has 7 heteroatoms. The number of aromatic nitrogens is 1. The van der Waals surface area contributed by atoms with Crippen molar-refractivity contribution in [3.63, 3.8) is 0 Å². The molecule has 2 amide bonds. The van der Waals surface area contributed by atoms with E-state index in [0.717, 1.165) is 62.0 Å². The molecule has 1 fully saturated rings. The van der Waals surface area contributed by atoms with Gasteiger partial charge in [-0.2, -0.15) is 0 Å². The molecule has 1 saturated heterocycles. The predicted octanol–water partition coefficient (Wildman–Crippen LogP) is 3.25. The third-order valence-electron chi connectivity index (χ3n) is 5.82. The van der Waals surface area contributed by atoms with E-state index in [-0.39, 0.29) is 17.7 Å². The number of piperazine rings is 1. The lowest BCUT2D eigenvalue weighted by Gasteiger charge is -2.34. The lowest BCUT2D eigenvalue weighted by Crippen LogP contribution is -2.48. The van der Waals surface area contributed by atoms with Crippen LogP contribution in [0.5, 0.6) is 0 Å². The smallest absolute Gasteiger partial charge is 0.227 e. The van der Waals surface area contributed by atoms with Gasteiger partial charge in [0, 0.05) is 49.1 Å². The molecule has 1 atom stereocenters. The summed E-state index contributed by atoms with van der Waals surface area (Å²) in [5.74, 6) is 0.322. The van der Waals surface area contributed by atoms with Gasteiger partial charge in [0.05, 0.1) is 5.69 Å². The number of hydrogen-bond acceptors (Lipinski definition) is 5. The first-order chi connectivity index (χ1) is 14.0. The first-order valence-electron chi connectivity index (χ1n) is 10.4. The van der Waals surface area contributed by atoms with Gasteiger partial charge in [-0.05, 0) is 38.3 Å². The Morgan fingerprint density at radius 3 is 2.59 bits per heavy atom. The van der Waals surface area contributed by atoms with Crippen LogP contribution in [0.3, 0.4) is 0 Å². The van der Waals surface area contributed by atoms with Crippen molar-refractivity contribution in [2.24, 2.45) is 5.92 Å². The summed E-state index contributed by atoms with van der Waals surface area (Å²) in [7, 11) is 0. The maximum Gasteiger partial charge on any atom is 0.227 e. The maximum absolute atomic E-state index is 12.7. The molecular formula is C22H28N4O2S. The summed E-state index contributed by atoms with van der Waals surface area (Å²) in [5.41, 5.74) is 3.19. The van der Waals surface area contributed by atoms with Gasteiger partial charge in [0.25, 0.3) is 0 Å². The van der Waals surface area contributed by atoms with Crippen molar-refractivity contribution < 1.29 is 9.59 Å². The number of thiazole rings is 1. The highest BCUT2D eigenvalue weighted by atomic mass is 32.1. The van der Waals surface area contributed by atoms with Crippen LogP contribution in [0.1, 0.15) is 35.9 Å². The first kappa shape index (κ1) is 19.9. The van der Waals surface area contributed by atoms with Crippen LogP contribution in [0.2, 0.25) is 0 Å². The molecule has 0 saturated carbocycles. The molecule has 2 aliphatic rings. The molecule has 1 aromatic heterocycles. The standard InChI is InChI=1S/C22H28N4O2S/c1-3-20(27)25-10-12-26(13-11-25)22-24-18-9-6-16(14-19(18)29-22)21(28)23-17-7-4-15(2)5-8-17/h4-5,7-8,16H,3,6,9-14H2,1-2H3,(H,23,28)/t16-/m0/s1. The van der Waals surface area contributed by atoms with Crippen LogP contribution in [0, 0.1) is 12.8 Å². The van der Waals surface area contributed by atoms with Gasteiger partial charge in [0.2, 0.25) is 11.8 Å². The third-order valence-corrected chi connectivity index (χ3v) is 7.00. The normalized spacial score (nSPS) is 19.0. The molecule has 1 aliphatic carbocycles. The summed E-state index contributed by atoms with van der Waals surface area (Å²) in [6.45, 7) is 7.13. The number of aryl methyl sites for hydroxylation is 2. The number of benzene rings is 1. The Morgan fingerprint density at radius 2 is 1.90 bits per heavy atom. The van der Waals surface area contributed by atoms with Crippen molar-refractivity contribution in [1.82, 2.24) is 9.88 Å². The molecule has 0 spiro atoms. The van der Waals surface area contributed by atoms with E-state index in [1.165, 1.54) is 10.4 Å². The second kappa shape index (κ2) is 8.53. The quantitative estimate of drug-likeness (QED) is 0.837. The van der Waals surface area contributed by atoms with E-state index in [0.29, 0.717) is 6.42 Å². The van der Waals surface area contributed by atoms with E-state index >= 15 is 0 Å². The van der Waals surface area contributed by atoms with Crippen LogP contribution < -0.4 is 10.2 Å². The van der Waals surface area contributed by atoms with Crippen LogP contribution in [-0.2, 0) is 22.4 Å². The number of amides is 2. The summed E-state index contributed by atoms with van der Waals surface area (Å²) in [4.78, 5) is 34.9. The van der Waals surface area contributed by atoms with Crippen molar-refractivity contribution >= 4 is 34.0 Å². The number of fused-ring (bicyclic) bond motifs is 1. The average Bonchev–Trinajstić information content (AvgIpc) is 3.18. The third kappa shape index (κ3) is 4.45. The van der Waals surface area contributed by atoms with Gasteiger partial charge in [-0.1, -0.05) is 24.6 Å². The SMILES string of the molecule is CCC(=O)N1CCN(c2nc3c(s2)C[C@@H](C(=O)Nc2ccc(C)cc2)CC3)CC1. The molecule has 29 heavy (non-hydrogen) atoms. The van der Waals surface area contributed by atoms with Crippen molar-refractivity contribution in [3.05, 3.63) is 40.4 Å². The lowest BCUT2D eigenvalue weighted by molar-refractivity contribution is -0.131. The monoisotopic (exact) mass is 412 g/mol. The minimum atomic E-state index is -0.00359. The van der Waals surface area contributed by atoms with Crippen LogP contribution in [-0.4, -0.2) is 47.9 Å². The van der Waals surface area contributed by atoms with Crippen LogP contribution in [0.15, 0.2) is 24.3 Å². The number of carbonyl (C=O) groups excluding carboxylic acids is 2. The van der Waals surface area contributed by atoms with Gasteiger partial charge in [-0.3, -0.25) is 9.59 Å². The lowest BCUT2D eigenvalue weighted by atomic mass is 9.90. The molecular weight excluding hydrogens is 384 g/mol. The number of nitrogens with one attached hydrogen (secondary N) is 1. The second-order valence-corrected chi connectivity index (χ2v) is 8.94. The number of nitrogens with zero attached hydrogens (tertiary/aromatic N) is 3. The number of carbonyl (C=O) groups is 2. The molecule has 0 radical (unpaired) electrons. The van der Waals surface area contributed by atoms with Gasteiger partial charge in [-0.15, -0.1) is 11.3 Å². The zero-order valence-electron chi connectivity index (χ0n) is 17.1. The molecule has 6 nitrogen and oxygen atoms in total. The number of anilines is 2. The van der Waals surface area contributed by atoms with E-state index in [4.69, 9.17) is 4.98 Å². The fourth-order valence-corrected chi connectivity index (χ4v) is 5.21. The molecule has 154 valence electrons. The highest BCUT2D eigenvalue weighted by Crippen LogP contribution is 2.35. The Labute approximate surface area is 175 Å². The molecule has 1 aliphatic heterocycles. The van der Waals surface area contributed by atoms with Crippen LogP contribution >= 0.6 is 11.3 Å².